The molecule has 0 saturated heterocycles. The number of thiazole rings is 1. The Balaban J connectivity index is 2.29. The van der Waals surface area contributed by atoms with Gasteiger partial charge < -0.3 is 5.73 Å². The van der Waals surface area contributed by atoms with E-state index in [1.54, 1.807) is 13.0 Å². The maximum atomic E-state index is 12.4. The van der Waals surface area contributed by atoms with Crippen molar-refractivity contribution in [3.05, 3.63) is 39.3 Å². The number of nitrogen functional groups attached to an aromatic ring is 1. The molecule has 1 aromatic heterocycles. The SMILES string of the molecule is Cc1csc(CNS(=O)(=O)c2c(N)ccc(C)c2C)n1. The van der Waals surface area contributed by atoms with Gasteiger partial charge in [-0.1, -0.05) is 6.07 Å². The van der Waals surface area contributed by atoms with Gasteiger partial charge in [-0.2, -0.15) is 0 Å². The fourth-order valence-corrected chi connectivity index (χ4v) is 4.10. The van der Waals surface area contributed by atoms with Crippen LogP contribution in [-0.4, -0.2) is 13.4 Å². The molecule has 20 heavy (non-hydrogen) atoms. The molecular formula is C13H17N3O2S2. The van der Waals surface area contributed by atoms with Crippen LogP contribution in [0.1, 0.15) is 21.8 Å². The fraction of sp³-hybridized carbons (Fsp3) is 0.308. The molecule has 0 bridgehead atoms. The number of aryl methyl sites for hydroxylation is 2. The number of anilines is 1. The van der Waals surface area contributed by atoms with Gasteiger partial charge in [-0.05, 0) is 38.0 Å². The van der Waals surface area contributed by atoms with Gasteiger partial charge in [0, 0.05) is 11.1 Å². The van der Waals surface area contributed by atoms with Gasteiger partial charge in [-0.15, -0.1) is 11.3 Å². The molecule has 0 atom stereocenters. The second-order valence-electron chi connectivity index (χ2n) is 4.63. The molecular weight excluding hydrogens is 294 g/mol. The Morgan fingerprint density at radius 1 is 1.30 bits per heavy atom. The lowest BCUT2D eigenvalue weighted by atomic mass is 10.1. The fourth-order valence-electron chi connectivity index (χ4n) is 1.88. The van der Waals surface area contributed by atoms with E-state index >= 15 is 0 Å². The van der Waals surface area contributed by atoms with Gasteiger partial charge in [-0.25, -0.2) is 18.1 Å². The first kappa shape index (κ1) is 15.0. The van der Waals surface area contributed by atoms with Crippen LogP contribution < -0.4 is 10.5 Å². The summed E-state index contributed by atoms with van der Waals surface area (Å²) in [6, 6.07) is 3.43. The molecule has 0 aliphatic rings. The first-order valence-corrected chi connectivity index (χ1v) is 8.44. The van der Waals surface area contributed by atoms with Gasteiger partial charge in [0.05, 0.1) is 12.2 Å². The maximum absolute atomic E-state index is 12.4. The Kier molecular flexibility index (Phi) is 4.12. The number of nitrogens with one attached hydrogen (secondary N) is 1. The third kappa shape index (κ3) is 3.00. The Hall–Kier alpha value is -1.44. The van der Waals surface area contributed by atoms with E-state index in [9.17, 15) is 8.42 Å². The largest absolute Gasteiger partial charge is 0.398 e. The molecule has 0 unspecified atom stereocenters. The highest BCUT2D eigenvalue weighted by molar-refractivity contribution is 7.89. The monoisotopic (exact) mass is 311 g/mol. The summed E-state index contributed by atoms with van der Waals surface area (Å²) in [5.74, 6) is 0. The van der Waals surface area contributed by atoms with Crippen LogP contribution in [0.5, 0.6) is 0 Å². The van der Waals surface area contributed by atoms with E-state index in [-0.39, 0.29) is 17.1 Å². The van der Waals surface area contributed by atoms with Crippen molar-refractivity contribution in [3.8, 4) is 0 Å². The number of hydrogen-bond donors (Lipinski definition) is 2. The minimum absolute atomic E-state index is 0.158. The Labute approximate surface area is 122 Å². The van der Waals surface area contributed by atoms with Gasteiger partial charge in [-0.3, -0.25) is 0 Å². The summed E-state index contributed by atoms with van der Waals surface area (Å²) in [7, 11) is -3.64. The zero-order valence-electron chi connectivity index (χ0n) is 11.6. The Morgan fingerprint density at radius 3 is 2.60 bits per heavy atom. The second kappa shape index (κ2) is 5.51. The molecule has 5 nitrogen and oxygen atoms in total. The predicted octanol–water partition coefficient (Wildman–Crippen LogP) is 2.13. The number of sulfonamides is 1. The summed E-state index contributed by atoms with van der Waals surface area (Å²) in [5.41, 5.74) is 8.53. The van der Waals surface area contributed by atoms with Crippen molar-refractivity contribution in [2.45, 2.75) is 32.2 Å². The van der Waals surface area contributed by atoms with Crippen molar-refractivity contribution < 1.29 is 8.42 Å². The molecule has 108 valence electrons. The molecule has 1 heterocycles. The minimum atomic E-state index is -3.64. The summed E-state index contributed by atoms with van der Waals surface area (Å²) in [6.07, 6.45) is 0. The van der Waals surface area contributed by atoms with E-state index in [2.05, 4.69) is 9.71 Å². The number of aromatic nitrogens is 1. The normalized spacial score (nSPS) is 11.8. The minimum Gasteiger partial charge on any atom is -0.398 e. The first-order valence-electron chi connectivity index (χ1n) is 6.07. The van der Waals surface area contributed by atoms with Crippen LogP contribution in [0.4, 0.5) is 5.69 Å². The summed E-state index contributed by atoms with van der Waals surface area (Å²) in [6.45, 7) is 5.66. The standard InChI is InChI=1S/C13H17N3O2S2/c1-8-4-5-11(14)13(10(8)3)20(17,18)15-6-12-16-9(2)7-19-12/h4-5,7,15H,6,14H2,1-3H3. The van der Waals surface area contributed by atoms with Crippen molar-refractivity contribution in [2.24, 2.45) is 0 Å². The highest BCUT2D eigenvalue weighted by Gasteiger charge is 2.21. The number of nitrogens with two attached hydrogens (primary N) is 1. The molecule has 0 radical (unpaired) electrons. The molecule has 7 heteroatoms. The highest BCUT2D eigenvalue weighted by Crippen LogP contribution is 2.25. The van der Waals surface area contributed by atoms with Gasteiger partial charge in [0.1, 0.15) is 9.90 Å². The number of rotatable bonds is 4. The van der Waals surface area contributed by atoms with E-state index in [0.717, 1.165) is 16.3 Å². The van der Waals surface area contributed by atoms with Gasteiger partial charge in [0.15, 0.2) is 0 Å². The summed E-state index contributed by atoms with van der Waals surface area (Å²) < 4.78 is 27.3. The topological polar surface area (TPSA) is 85.1 Å². The van der Waals surface area contributed by atoms with Crippen molar-refractivity contribution in [1.29, 1.82) is 0 Å². The molecule has 1 aromatic carbocycles. The van der Waals surface area contributed by atoms with Crippen molar-refractivity contribution >= 4 is 27.0 Å². The van der Waals surface area contributed by atoms with E-state index in [1.807, 2.05) is 25.3 Å². The molecule has 0 aliphatic heterocycles. The van der Waals surface area contributed by atoms with Crippen LogP contribution in [0, 0.1) is 20.8 Å². The third-order valence-corrected chi connectivity index (χ3v) is 5.63. The average Bonchev–Trinajstić information content (AvgIpc) is 2.78. The van der Waals surface area contributed by atoms with E-state index in [1.165, 1.54) is 11.3 Å². The van der Waals surface area contributed by atoms with Crippen LogP contribution in [0.25, 0.3) is 0 Å². The second-order valence-corrected chi connectivity index (χ2v) is 7.28. The van der Waals surface area contributed by atoms with Crippen molar-refractivity contribution in [2.75, 3.05) is 5.73 Å². The number of nitrogens with zero attached hydrogens (tertiary/aromatic N) is 1. The Bertz CT molecular complexity index is 736. The van der Waals surface area contributed by atoms with Gasteiger partial charge >= 0.3 is 0 Å². The summed E-state index contributed by atoms with van der Waals surface area (Å²) in [4.78, 5) is 4.39. The molecule has 2 aromatic rings. The van der Waals surface area contributed by atoms with Gasteiger partial charge in [0.25, 0.3) is 0 Å². The summed E-state index contributed by atoms with van der Waals surface area (Å²) >= 11 is 1.43. The lowest BCUT2D eigenvalue weighted by Crippen LogP contribution is -2.25. The van der Waals surface area contributed by atoms with Crippen LogP contribution in [0.2, 0.25) is 0 Å². The first-order chi connectivity index (χ1) is 9.31. The number of benzene rings is 1. The smallest absolute Gasteiger partial charge is 0.243 e. The molecule has 2 rings (SSSR count). The molecule has 0 fully saturated rings. The zero-order valence-corrected chi connectivity index (χ0v) is 13.2. The van der Waals surface area contributed by atoms with Crippen molar-refractivity contribution in [3.63, 3.8) is 0 Å². The molecule has 0 amide bonds. The molecule has 0 saturated carbocycles. The zero-order chi connectivity index (χ0) is 14.9. The van der Waals surface area contributed by atoms with Crippen molar-refractivity contribution in [1.82, 2.24) is 9.71 Å². The lowest BCUT2D eigenvalue weighted by molar-refractivity contribution is 0.580. The predicted molar refractivity (Wildman–Crippen MR) is 81.2 cm³/mol. The highest BCUT2D eigenvalue weighted by atomic mass is 32.2. The van der Waals surface area contributed by atoms with E-state index in [4.69, 9.17) is 5.73 Å². The lowest BCUT2D eigenvalue weighted by Gasteiger charge is -2.13. The number of hydrogen-bond acceptors (Lipinski definition) is 5. The third-order valence-electron chi connectivity index (χ3n) is 3.06. The molecule has 0 spiro atoms. The quantitative estimate of drug-likeness (QED) is 0.847. The van der Waals surface area contributed by atoms with Crippen LogP contribution in [0.15, 0.2) is 22.4 Å². The summed E-state index contributed by atoms with van der Waals surface area (Å²) in [5, 5.41) is 2.62. The van der Waals surface area contributed by atoms with Gasteiger partial charge in [0.2, 0.25) is 10.0 Å². The van der Waals surface area contributed by atoms with E-state index in [0.29, 0.717) is 5.56 Å². The van der Waals surface area contributed by atoms with Crippen LogP contribution in [-0.2, 0) is 16.6 Å². The molecule has 3 N–H and O–H groups in total. The maximum Gasteiger partial charge on any atom is 0.243 e. The Morgan fingerprint density at radius 2 is 2.00 bits per heavy atom. The average molecular weight is 311 g/mol. The van der Waals surface area contributed by atoms with Crippen LogP contribution >= 0.6 is 11.3 Å². The molecule has 0 aliphatic carbocycles. The van der Waals surface area contributed by atoms with Crippen LogP contribution in [0.3, 0.4) is 0 Å². The van der Waals surface area contributed by atoms with E-state index < -0.39 is 10.0 Å².